The molecule has 0 radical (unpaired) electrons. The highest BCUT2D eigenvalue weighted by Crippen LogP contribution is 2.42. The van der Waals surface area contributed by atoms with E-state index in [0.717, 1.165) is 25.7 Å². The number of para-hydroxylation sites is 1. The summed E-state index contributed by atoms with van der Waals surface area (Å²) < 4.78 is 27.4. The minimum atomic E-state index is -0.420. The molecule has 8 nitrogen and oxygen atoms in total. The molecule has 1 aliphatic carbocycles. The second-order valence-corrected chi connectivity index (χ2v) is 11.5. The lowest BCUT2D eigenvalue weighted by molar-refractivity contribution is -0.118. The van der Waals surface area contributed by atoms with Crippen molar-refractivity contribution >= 4 is 60.6 Å². The fourth-order valence-corrected chi connectivity index (χ4v) is 5.90. The second-order valence-electron chi connectivity index (χ2n) is 9.88. The van der Waals surface area contributed by atoms with E-state index in [-0.39, 0.29) is 18.1 Å². The summed E-state index contributed by atoms with van der Waals surface area (Å²) in [5.74, 6) is 0.718. The van der Waals surface area contributed by atoms with Crippen LogP contribution in [0, 0.1) is 5.82 Å². The Labute approximate surface area is 259 Å². The molecule has 3 aromatic carbocycles. The largest absolute Gasteiger partial charge is 0.490 e. The first kappa shape index (κ1) is 29.9. The molecule has 1 heterocycles. The van der Waals surface area contributed by atoms with E-state index in [2.05, 4.69) is 42.3 Å². The van der Waals surface area contributed by atoms with Crippen molar-refractivity contribution in [1.29, 1.82) is 0 Å². The molecule has 0 atom stereocenters. The van der Waals surface area contributed by atoms with Crippen molar-refractivity contribution in [2.45, 2.75) is 44.9 Å². The van der Waals surface area contributed by atoms with Gasteiger partial charge in [0.2, 0.25) is 0 Å². The maximum atomic E-state index is 13.6. The topological polar surface area (TPSA) is 94.8 Å². The van der Waals surface area contributed by atoms with Crippen molar-refractivity contribution in [1.82, 2.24) is 9.66 Å². The van der Waals surface area contributed by atoms with Gasteiger partial charge in [-0.05, 0) is 94.1 Å². The zero-order chi connectivity index (χ0) is 29.6. The van der Waals surface area contributed by atoms with Crippen LogP contribution in [0.2, 0.25) is 0 Å². The monoisotopic (exact) mass is 698 g/mol. The van der Waals surface area contributed by atoms with Crippen LogP contribution in [-0.4, -0.2) is 35.0 Å². The van der Waals surface area contributed by atoms with Gasteiger partial charge in [0.1, 0.15) is 11.6 Å². The number of anilines is 1. The molecule has 0 aliphatic heterocycles. The third kappa shape index (κ3) is 6.73. The van der Waals surface area contributed by atoms with Gasteiger partial charge in [-0.15, -0.1) is 0 Å². The van der Waals surface area contributed by atoms with E-state index in [1.807, 2.05) is 25.1 Å². The normalized spacial score (nSPS) is 13.9. The average molecular weight is 700 g/mol. The number of ether oxygens (including phenoxy) is 2. The minimum absolute atomic E-state index is 0.152. The van der Waals surface area contributed by atoms with Gasteiger partial charge in [-0.3, -0.25) is 9.59 Å². The smallest absolute Gasteiger partial charge is 0.282 e. The van der Waals surface area contributed by atoms with Gasteiger partial charge in [-0.25, -0.2) is 9.37 Å². The van der Waals surface area contributed by atoms with Crippen molar-refractivity contribution in [2.75, 3.05) is 18.5 Å². The highest BCUT2D eigenvalue weighted by Gasteiger charge is 2.23. The number of fused-ring (bicyclic) bond motifs is 1. The standard InChI is InChI=1S/C31H29Br2FN4O4/c1-2-41-25-16-20(27(32)28(33)29(25)42-18-26(39)36-22-14-12-21(34)13-15-22)17-35-38-30(19-8-4-3-5-9-19)37-24-11-7-6-10-23(24)31(38)40/h6-7,10-17,19H,2-5,8-9,18H2,1H3,(H,36,39). The van der Waals surface area contributed by atoms with Crippen LogP contribution < -0.4 is 20.3 Å². The van der Waals surface area contributed by atoms with Crippen LogP contribution in [0.15, 0.2) is 73.4 Å². The summed E-state index contributed by atoms with van der Waals surface area (Å²) in [4.78, 5) is 30.9. The van der Waals surface area contributed by atoms with E-state index in [0.29, 0.717) is 55.0 Å². The molecule has 4 aromatic rings. The van der Waals surface area contributed by atoms with Gasteiger partial charge in [-0.1, -0.05) is 31.4 Å². The van der Waals surface area contributed by atoms with E-state index in [9.17, 15) is 14.0 Å². The zero-order valence-electron chi connectivity index (χ0n) is 22.9. The molecule has 1 aliphatic rings. The minimum Gasteiger partial charge on any atom is -0.490 e. The molecule has 0 unspecified atom stereocenters. The summed E-state index contributed by atoms with van der Waals surface area (Å²) in [5, 5.41) is 7.81. The van der Waals surface area contributed by atoms with Gasteiger partial charge in [0.05, 0.1) is 28.2 Å². The summed E-state index contributed by atoms with van der Waals surface area (Å²) in [6.45, 7) is 1.88. The van der Waals surface area contributed by atoms with Crippen molar-refractivity contribution < 1.29 is 18.7 Å². The lowest BCUT2D eigenvalue weighted by Gasteiger charge is -2.22. The fourth-order valence-electron chi connectivity index (χ4n) is 4.96. The van der Waals surface area contributed by atoms with Crippen molar-refractivity contribution in [3.63, 3.8) is 0 Å². The van der Waals surface area contributed by atoms with Crippen LogP contribution in [0.1, 0.15) is 56.3 Å². The molecular weight excluding hydrogens is 671 g/mol. The summed E-state index contributed by atoms with van der Waals surface area (Å²) in [5.41, 5.74) is 1.53. The van der Waals surface area contributed by atoms with Crippen molar-refractivity contribution in [2.24, 2.45) is 5.10 Å². The lowest BCUT2D eigenvalue weighted by atomic mass is 9.88. The summed E-state index contributed by atoms with van der Waals surface area (Å²) >= 11 is 7.16. The number of amides is 1. The lowest BCUT2D eigenvalue weighted by Crippen LogP contribution is -2.25. The second kappa shape index (κ2) is 13.6. The Morgan fingerprint density at radius 3 is 2.57 bits per heavy atom. The summed E-state index contributed by atoms with van der Waals surface area (Å²) in [6, 6.07) is 14.5. The molecule has 0 spiro atoms. The number of hydrogen-bond donors (Lipinski definition) is 1. The number of carbonyl (C=O) groups is 1. The number of nitrogens with one attached hydrogen (secondary N) is 1. The fraction of sp³-hybridized carbons (Fsp3) is 0.290. The van der Waals surface area contributed by atoms with Crippen LogP contribution in [0.3, 0.4) is 0 Å². The maximum absolute atomic E-state index is 13.6. The SMILES string of the molecule is CCOc1cc(C=Nn2c(C3CCCCC3)nc3ccccc3c2=O)c(Br)c(Br)c1OCC(=O)Nc1ccc(F)cc1. The Bertz CT molecular complexity index is 1690. The van der Waals surface area contributed by atoms with Crippen molar-refractivity contribution in [3.8, 4) is 11.5 Å². The molecule has 1 amide bonds. The van der Waals surface area contributed by atoms with Crippen molar-refractivity contribution in [3.05, 3.63) is 91.1 Å². The third-order valence-corrected chi connectivity index (χ3v) is 9.14. The average Bonchev–Trinajstić information content (AvgIpc) is 3.00. The highest BCUT2D eigenvalue weighted by atomic mass is 79.9. The first-order chi connectivity index (χ1) is 20.4. The van der Waals surface area contributed by atoms with Crippen LogP contribution in [0.25, 0.3) is 10.9 Å². The van der Waals surface area contributed by atoms with E-state index in [1.54, 1.807) is 18.3 Å². The Kier molecular flexibility index (Phi) is 9.69. The molecule has 1 saturated carbocycles. The van der Waals surface area contributed by atoms with Gasteiger partial charge in [0.25, 0.3) is 11.5 Å². The maximum Gasteiger partial charge on any atom is 0.282 e. The quantitative estimate of drug-likeness (QED) is 0.184. The molecule has 0 saturated heterocycles. The Morgan fingerprint density at radius 2 is 1.83 bits per heavy atom. The highest BCUT2D eigenvalue weighted by molar-refractivity contribution is 9.13. The molecule has 1 fully saturated rings. The van der Waals surface area contributed by atoms with Gasteiger partial charge < -0.3 is 14.8 Å². The Morgan fingerprint density at radius 1 is 1.10 bits per heavy atom. The van der Waals surface area contributed by atoms with Crippen LogP contribution >= 0.6 is 31.9 Å². The molecule has 0 bridgehead atoms. The van der Waals surface area contributed by atoms with Crippen LogP contribution in [0.5, 0.6) is 11.5 Å². The first-order valence-corrected chi connectivity index (χ1v) is 15.3. The van der Waals surface area contributed by atoms with Crippen LogP contribution in [-0.2, 0) is 4.79 Å². The molecule has 42 heavy (non-hydrogen) atoms. The molecule has 1 aromatic heterocycles. The van der Waals surface area contributed by atoms with E-state index < -0.39 is 11.7 Å². The zero-order valence-corrected chi connectivity index (χ0v) is 26.1. The predicted octanol–water partition coefficient (Wildman–Crippen LogP) is 7.41. The number of hydrogen-bond acceptors (Lipinski definition) is 6. The van der Waals surface area contributed by atoms with Gasteiger partial charge in [-0.2, -0.15) is 9.78 Å². The number of nitrogens with zero attached hydrogens (tertiary/aromatic N) is 3. The van der Waals surface area contributed by atoms with E-state index in [4.69, 9.17) is 14.5 Å². The molecule has 11 heteroatoms. The number of halogens is 3. The number of rotatable bonds is 9. The van der Waals surface area contributed by atoms with E-state index >= 15 is 0 Å². The number of aromatic nitrogens is 2. The molecule has 1 N–H and O–H groups in total. The van der Waals surface area contributed by atoms with Crippen LogP contribution in [0.4, 0.5) is 10.1 Å². The Hall–Kier alpha value is -3.57. The van der Waals surface area contributed by atoms with Gasteiger partial charge in [0.15, 0.2) is 18.1 Å². The number of benzene rings is 3. The molecular formula is C31H29Br2FN4O4. The predicted molar refractivity (Wildman–Crippen MR) is 168 cm³/mol. The van der Waals surface area contributed by atoms with E-state index in [1.165, 1.54) is 35.4 Å². The molecule has 5 rings (SSSR count). The summed E-state index contributed by atoms with van der Waals surface area (Å²) in [7, 11) is 0. The Balaban J connectivity index is 1.45. The first-order valence-electron chi connectivity index (χ1n) is 13.7. The third-order valence-electron chi connectivity index (χ3n) is 6.99. The number of carbonyl (C=O) groups excluding carboxylic acids is 1. The van der Waals surface area contributed by atoms with Gasteiger partial charge in [0, 0.05) is 21.6 Å². The summed E-state index contributed by atoms with van der Waals surface area (Å²) in [6.07, 6.45) is 6.89. The van der Waals surface area contributed by atoms with Gasteiger partial charge >= 0.3 is 0 Å². The molecule has 218 valence electrons.